The predicted octanol–water partition coefficient (Wildman–Crippen LogP) is 3.87. The molecule has 0 N–H and O–H groups in total. The lowest BCUT2D eigenvalue weighted by Gasteiger charge is -2.13. The Balaban J connectivity index is 2.31. The van der Waals surface area contributed by atoms with E-state index in [1.54, 1.807) is 42.5 Å². The fourth-order valence-corrected chi connectivity index (χ4v) is 1.96. The third-order valence-corrected chi connectivity index (χ3v) is 2.92. The number of hydrogen-bond donors (Lipinski definition) is 0. The van der Waals surface area contributed by atoms with Gasteiger partial charge in [0, 0.05) is 11.6 Å². The highest BCUT2D eigenvalue weighted by Gasteiger charge is 2.12. The van der Waals surface area contributed by atoms with E-state index in [2.05, 4.69) is 0 Å². The van der Waals surface area contributed by atoms with Crippen molar-refractivity contribution < 1.29 is 23.8 Å². The van der Waals surface area contributed by atoms with E-state index in [-0.39, 0.29) is 6.10 Å². The number of carbonyl (C=O) groups is 2. The molecule has 0 radical (unpaired) electrons. The van der Waals surface area contributed by atoms with Crippen molar-refractivity contribution >= 4 is 12.3 Å². The number of hydrogen-bond acceptors (Lipinski definition) is 5. The molecule has 0 saturated heterocycles. The van der Waals surface area contributed by atoms with E-state index in [4.69, 9.17) is 14.2 Å². The van der Waals surface area contributed by atoms with Gasteiger partial charge in [0.15, 0.2) is 0 Å². The van der Waals surface area contributed by atoms with E-state index in [1.807, 2.05) is 13.8 Å². The summed E-state index contributed by atoms with van der Waals surface area (Å²) >= 11 is 0. The Hall–Kier alpha value is -2.82. The average molecular weight is 314 g/mol. The van der Waals surface area contributed by atoms with E-state index in [0.717, 1.165) is 6.29 Å². The summed E-state index contributed by atoms with van der Waals surface area (Å²) in [7, 11) is 1.32. The summed E-state index contributed by atoms with van der Waals surface area (Å²) in [6.45, 7) is 3.78. The van der Waals surface area contributed by atoms with Crippen LogP contribution in [0.3, 0.4) is 0 Å². The molecule has 0 atom stereocenters. The van der Waals surface area contributed by atoms with Gasteiger partial charge in [0.1, 0.15) is 23.5 Å². The van der Waals surface area contributed by atoms with Gasteiger partial charge in [0.05, 0.1) is 18.8 Å². The minimum absolute atomic E-state index is 0.0392. The lowest BCUT2D eigenvalue weighted by Crippen LogP contribution is -2.07. The summed E-state index contributed by atoms with van der Waals surface area (Å²) in [5.74, 6) is 1.04. The van der Waals surface area contributed by atoms with Crippen molar-refractivity contribution in [3.05, 3.63) is 53.6 Å². The molecule has 0 fully saturated rings. The van der Waals surface area contributed by atoms with Crippen LogP contribution in [0.2, 0.25) is 0 Å². The fourth-order valence-electron chi connectivity index (χ4n) is 1.96. The molecule has 0 aliphatic rings. The average Bonchev–Trinajstić information content (AvgIpc) is 2.54. The van der Waals surface area contributed by atoms with Crippen molar-refractivity contribution in [1.29, 1.82) is 0 Å². The summed E-state index contributed by atoms with van der Waals surface area (Å²) in [5, 5.41) is 0. The van der Waals surface area contributed by atoms with Gasteiger partial charge in [-0.3, -0.25) is 4.79 Å². The number of aldehydes is 1. The van der Waals surface area contributed by atoms with E-state index in [9.17, 15) is 9.59 Å². The van der Waals surface area contributed by atoms with Gasteiger partial charge < -0.3 is 14.2 Å². The van der Waals surface area contributed by atoms with E-state index in [1.165, 1.54) is 7.11 Å². The van der Waals surface area contributed by atoms with Crippen molar-refractivity contribution in [1.82, 2.24) is 0 Å². The van der Waals surface area contributed by atoms with Crippen LogP contribution in [0.25, 0.3) is 0 Å². The van der Waals surface area contributed by atoms with Crippen molar-refractivity contribution in [2.45, 2.75) is 20.0 Å². The van der Waals surface area contributed by atoms with Crippen LogP contribution in [0.4, 0.5) is 0 Å². The Bertz CT molecular complexity index is 689. The number of methoxy groups -OCH3 is 1. The van der Waals surface area contributed by atoms with Crippen LogP contribution in [-0.2, 0) is 4.74 Å². The normalized spacial score (nSPS) is 10.3. The van der Waals surface area contributed by atoms with Gasteiger partial charge in [0.2, 0.25) is 0 Å². The van der Waals surface area contributed by atoms with E-state index < -0.39 is 5.97 Å². The SMILES string of the molecule is COC(=O)c1cc(Oc2ccc(C=O)cc2)cc(OC(C)C)c1. The summed E-state index contributed by atoms with van der Waals surface area (Å²) in [6, 6.07) is 11.5. The van der Waals surface area contributed by atoms with Gasteiger partial charge in [-0.05, 0) is 50.2 Å². The first-order chi connectivity index (χ1) is 11.0. The summed E-state index contributed by atoms with van der Waals surface area (Å²) in [4.78, 5) is 22.4. The first-order valence-corrected chi connectivity index (χ1v) is 7.15. The maximum absolute atomic E-state index is 11.8. The first kappa shape index (κ1) is 16.5. The molecule has 2 aromatic carbocycles. The zero-order chi connectivity index (χ0) is 16.8. The van der Waals surface area contributed by atoms with Crippen LogP contribution in [0.1, 0.15) is 34.6 Å². The zero-order valence-corrected chi connectivity index (χ0v) is 13.2. The maximum Gasteiger partial charge on any atom is 0.338 e. The second-order valence-corrected chi connectivity index (χ2v) is 5.14. The maximum atomic E-state index is 11.8. The van der Waals surface area contributed by atoms with Crippen molar-refractivity contribution in [2.24, 2.45) is 0 Å². The predicted molar refractivity (Wildman–Crippen MR) is 85.4 cm³/mol. The van der Waals surface area contributed by atoms with E-state index in [0.29, 0.717) is 28.4 Å². The Morgan fingerprint density at radius 3 is 2.22 bits per heavy atom. The molecule has 0 aliphatic heterocycles. The van der Waals surface area contributed by atoms with Crippen LogP contribution in [-0.4, -0.2) is 25.5 Å². The molecule has 0 aliphatic carbocycles. The number of esters is 1. The topological polar surface area (TPSA) is 61.8 Å². The highest BCUT2D eigenvalue weighted by Crippen LogP contribution is 2.28. The highest BCUT2D eigenvalue weighted by molar-refractivity contribution is 5.90. The molecule has 0 spiro atoms. The van der Waals surface area contributed by atoms with Crippen molar-refractivity contribution in [3.63, 3.8) is 0 Å². The molecule has 5 heteroatoms. The number of benzene rings is 2. The largest absolute Gasteiger partial charge is 0.491 e. The van der Waals surface area contributed by atoms with Gasteiger partial charge in [-0.25, -0.2) is 4.79 Å². The Labute approximate surface area is 134 Å². The summed E-state index contributed by atoms with van der Waals surface area (Å²) in [6.07, 6.45) is 0.721. The van der Waals surface area contributed by atoms with Gasteiger partial charge in [-0.2, -0.15) is 0 Å². The van der Waals surface area contributed by atoms with Crippen molar-refractivity contribution in [2.75, 3.05) is 7.11 Å². The monoisotopic (exact) mass is 314 g/mol. The third kappa shape index (κ3) is 4.57. The number of ether oxygens (including phenoxy) is 3. The molecule has 0 bridgehead atoms. The Morgan fingerprint density at radius 2 is 1.65 bits per heavy atom. The molecule has 0 aromatic heterocycles. The van der Waals surface area contributed by atoms with Gasteiger partial charge >= 0.3 is 5.97 Å². The molecule has 0 heterocycles. The Kier molecular flexibility index (Phi) is 5.36. The second kappa shape index (κ2) is 7.45. The first-order valence-electron chi connectivity index (χ1n) is 7.15. The third-order valence-electron chi connectivity index (χ3n) is 2.92. The quantitative estimate of drug-likeness (QED) is 0.598. The van der Waals surface area contributed by atoms with Gasteiger partial charge in [-0.1, -0.05) is 0 Å². The minimum atomic E-state index is -0.472. The molecule has 2 rings (SSSR count). The van der Waals surface area contributed by atoms with Crippen LogP contribution in [0, 0.1) is 0 Å². The van der Waals surface area contributed by atoms with Crippen LogP contribution in [0.15, 0.2) is 42.5 Å². The van der Waals surface area contributed by atoms with Gasteiger partial charge in [-0.15, -0.1) is 0 Å². The lowest BCUT2D eigenvalue weighted by molar-refractivity contribution is 0.0599. The zero-order valence-electron chi connectivity index (χ0n) is 13.2. The smallest absolute Gasteiger partial charge is 0.338 e. The van der Waals surface area contributed by atoms with E-state index >= 15 is 0 Å². The fraction of sp³-hybridized carbons (Fsp3) is 0.222. The Morgan fingerprint density at radius 1 is 1.00 bits per heavy atom. The summed E-state index contributed by atoms with van der Waals surface area (Å²) < 4.78 is 16.1. The van der Waals surface area contributed by atoms with Crippen LogP contribution < -0.4 is 9.47 Å². The molecule has 0 unspecified atom stereocenters. The van der Waals surface area contributed by atoms with Crippen LogP contribution in [0.5, 0.6) is 17.2 Å². The number of rotatable bonds is 6. The molecule has 0 saturated carbocycles. The molecule has 0 amide bonds. The molecule has 120 valence electrons. The van der Waals surface area contributed by atoms with Crippen molar-refractivity contribution in [3.8, 4) is 17.2 Å². The lowest BCUT2D eigenvalue weighted by atomic mass is 10.2. The molecule has 23 heavy (non-hydrogen) atoms. The standard InChI is InChI=1S/C18H18O5/c1-12(2)22-16-8-14(18(20)21-3)9-17(10-16)23-15-6-4-13(11-19)5-7-15/h4-12H,1-3H3. The summed E-state index contributed by atoms with van der Waals surface area (Å²) in [5.41, 5.74) is 0.898. The minimum Gasteiger partial charge on any atom is -0.491 e. The molecular weight excluding hydrogens is 296 g/mol. The second-order valence-electron chi connectivity index (χ2n) is 5.14. The molecular formula is C18H18O5. The number of carbonyl (C=O) groups excluding carboxylic acids is 2. The molecule has 5 nitrogen and oxygen atoms in total. The van der Waals surface area contributed by atoms with Gasteiger partial charge in [0.25, 0.3) is 0 Å². The highest BCUT2D eigenvalue weighted by atomic mass is 16.5. The molecule has 2 aromatic rings. The van der Waals surface area contributed by atoms with Crippen LogP contribution >= 0.6 is 0 Å².